The van der Waals surface area contributed by atoms with Crippen LogP contribution in [0.4, 0.5) is 0 Å². The molecule has 1 N–H and O–H groups in total. The molecule has 0 heterocycles. The Bertz CT molecular complexity index is 850. The van der Waals surface area contributed by atoms with Gasteiger partial charge < -0.3 is 15.0 Å². The molecule has 0 aliphatic heterocycles. The zero-order valence-electron chi connectivity index (χ0n) is 19.6. The lowest BCUT2D eigenvalue weighted by molar-refractivity contribution is -0.141. The number of nitrogens with zero attached hydrogens (tertiary/aromatic N) is 1. The van der Waals surface area contributed by atoms with Crippen LogP contribution in [0.15, 0.2) is 48.5 Å². The third kappa shape index (κ3) is 8.54. The molecule has 0 saturated carbocycles. The van der Waals surface area contributed by atoms with E-state index >= 15 is 0 Å². The summed E-state index contributed by atoms with van der Waals surface area (Å²) >= 11 is 6.01. The zero-order valence-corrected chi connectivity index (χ0v) is 20.3. The maximum Gasteiger partial charge on any atom is 0.242 e. The fraction of sp³-hybridized carbons (Fsp3) is 0.462. The summed E-state index contributed by atoms with van der Waals surface area (Å²) in [7, 11) is 0. The van der Waals surface area contributed by atoms with Crippen LogP contribution in [0.25, 0.3) is 0 Å². The SMILES string of the molecule is CC[C@@H](C(=O)NCC(C)C)N(Cc1ccc(Cl)cc1)C(=O)CCCOc1ccc(C)cc1. The predicted octanol–water partition coefficient (Wildman–Crippen LogP) is 5.39. The van der Waals surface area contributed by atoms with Crippen molar-refractivity contribution < 1.29 is 14.3 Å². The third-order valence-electron chi connectivity index (χ3n) is 5.16. The van der Waals surface area contributed by atoms with Crippen LogP contribution in [0.1, 0.15) is 51.2 Å². The number of carbonyl (C=O) groups is 2. The van der Waals surface area contributed by atoms with Crippen molar-refractivity contribution in [2.45, 2.75) is 59.5 Å². The van der Waals surface area contributed by atoms with Crippen molar-refractivity contribution in [3.05, 3.63) is 64.7 Å². The number of hydrogen-bond acceptors (Lipinski definition) is 3. The molecule has 2 aromatic carbocycles. The highest BCUT2D eigenvalue weighted by Crippen LogP contribution is 2.17. The van der Waals surface area contributed by atoms with Gasteiger partial charge in [-0.1, -0.05) is 62.2 Å². The zero-order chi connectivity index (χ0) is 23.5. The number of benzene rings is 2. The molecule has 0 saturated heterocycles. The second kappa shape index (κ2) is 13.1. The van der Waals surface area contributed by atoms with Crippen LogP contribution < -0.4 is 10.1 Å². The molecule has 0 unspecified atom stereocenters. The molecule has 6 heteroatoms. The quantitative estimate of drug-likeness (QED) is 0.434. The molecule has 0 aliphatic carbocycles. The van der Waals surface area contributed by atoms with Crippen molar-refractivity contribution >= 4 is 23.4 Å². The minimum absolute atomic E-state index is 0.0565. The molecular weight excluding hydrogens is 424 g/mol. The fourth-order valence-electron chi connectivity index (χ4n) is 3.32. The van der Waals surface area contributed by atoms with Gasteiger partial charge in [-0.25, -0.2) is 0 Å². The first-order valence-electron chi connectivity index (χ1n) is 11.3. The van der Waals surface area contributed by atoms with E-state index in [4.69, 9.17) is 16.3 Å². The molecular formula is C26H35ClN2O3. The highest BCUT2D eigenvalue weighted by Gasteiger charge is 2.28. The highest BCUT2D eigenvalue weighted by atomic mass is 35.5. The van der Waals surface area contributed by atoms with E-state index in [-0.39, 0.29) is 11.8 Å². The second-order valence-corrected chi connectivity index (χ2v) is 8.91. The molecule has 0 bridgehead atoms. The average Bonchev–Trinajstić information content (AvgIpc) is 2.77. The van der Waals surface area contributed by atoms with Crippen LogP contribution in [-0.4, -0.2) is 35.9 Å². The highest BCUT2D eigenvalue weighted by molar-refractivity contribution is 6.30. The first kappa shape index (κ1) is 25.7. The molecule has 0 fully saturated rings. The van der Waals surface area contributed by atoms with E-state index in [1.165, 1.54) is 5.56 Å². The molecule has 32 heavy (non-hydrogen) atoms. The second-order valence-electron chi connectivity index (χ2n) is 8.48. The van der Waals surface area contributed by atoms with E-state index in [9.17, 15) is 9.59 Å². The summed E-state index contributed by atoms with van der Waals surface area (Å²) in [5.41, 5.74) is 2.11. The van der Waals surface area contributed by atoms with Gasteiger partial charge in [0.1, 0.15) is 11.8 Å². The van der Waals surface area contributed by atoms with Crippen molar-refractivity contribution in [1.82, 2.24) is 10.2 Å². The topological polar surface area (TPSA) is 58.6 Å². The van der Waals surface area contributed by atoms with Crippen LogP contribution in [0.5, 0.6) is 5.75 Å². The standard InChI is InChI=1S/C26H35ClN2O3/c1-5-24(26(31)28-17-19(2)3)29(18-21-10-12-22(27)13-11-21)25(30)7-6-16-32-23-14-8-20(4)9-15-23/h8-15,19,24H,5-7,16-18H2,1-4H3,(H,28,31)/t24-/m0/s1. The summed E-state index contributed by atoms with van der Waals surface area (Å²) in [4.78, 5) is 27.7. The fourth-order valence-corrected chi connectivity index (χ4v) is 3.45. The van der Waals surface area contributed by atoms with Crippen LogP contribution in [0, 0.1) is 12.8 Å². The first-order chi connectivity index (χ1) is 15.3. The first-order valence-corrected chi connectivity index (χ1v) is 11.7. The Morgan fingerprint density at radius 1 is 1.06 bits per heavy atom. The minimum atomic E-state index is -0.519. The summed E-state index contributed by atoms with van der Waals surface area (Å²) in [5.74, 6) is 0.967. The Morgan fingerprint density at radius 3 is 2.31 bits per heavy atom. The monoisotopic (exact) mass is 458 g/mol. The number of halogens is 1. The average molecular weight is 459 g/mol. The molecule has 2 amide bonds. The molecule has 5 nitrogen and oxygen atoms in total. The molecule has 0 aliphatic rings. The summed E-state index contributed by atoms with van der Waals surface area (Å²) in [6.07, 6.45) is 1.43. The molecule has 174 valence electrons. The van der Waals surface area contributed by atoms with Crippen LogP contribution in [0.2, 0.25) is 5.02 Å². The number of hydrogen-bond donors (Lipinski definition) is 1. The van der Waals surface area contributed by atoms with Crippen molar-refractivity contribution in [1.29, 1.82) is 0 Å². The van der Waals surface area contributed by atoms with Gasteiger partial charge in [0.2, 0.25) is 11.8 Å². The van der Waals surface area contributed by atoms with E-state index in [1.54, 1.807) is 17.0 Å². The van der Waals surface area contributed by atoms with E-state index in [0.717, 1.165) is 11.3 Å². The molecule has 1 atom stereocenters. The van der Waals surface area contributed by atoms with E-state index in [1.807, 2.05) is 64.1 Å². The number of rotatable bonds is 12. The number of carbonyl (C=O) groups excluding carboxylic acids is 2. The summed E-state index contributed by atoms with van der Waals surface area (Å²) < 4.78 is 5.76. The van der Waals surface area contributed by atoms with Crippen LogP contribution in [-0.2, 0) is 16.1 Å². The van der Waals surface area contributed by atoms with Gasteiger partial charge in [0.05, 0.1) is 6.61 Å². The lowest BCUT2D eigenvalue weighted by Crippen LogP contribution is -2.49. The van der Waals surface area contributed by atoms with Crippen LogP contribution in [0.3, 0.4) is 0 Å². The molecule has 0 spiro atoms. The van der Waals surface area contributed by atoms with E-state index < -0.39 is 6.04 Å². The maximum atomic E-state index is 13.2. The molecule has 0 radical (unpaired) electrons. The largest absolute Gasteiger partial charge is 0.494 e. The third-order valence-corrected chi connectivity index (χ3v) is 5.41. The summed E-state index contributed by atoms with van der Waals surface area (Å²) in [6, 6.07) is 14.7. The number of amides is 2. The van der Waals surface area contributed by atoms with Gasteiger partial charge in [-0.3, -0.25) is 9.59 Å². The van der Waals surface area contributed by atoms with Crippen molar-refractivity contribution in [3.63, 3.8) is 0 Å². The van der Waals surface area contributed by atoms with Gasteiger partial charge >= 0.3 is 0 Å². The Hall–Kier alpha value is -2.53. The minimum Gasteiger partial charge on any atom is -0.494 e. The van der Waals surface area contributed by atoms with Gasteiger partial charge in [0.25, 0.3) is 0 Å². The number of aryl methyl sites for hydroxylation is 1. The molecule has 0 aromatic heterocycles. The number of ether oxygens (including phenoxy) is 1. The van der Waals surface area contributed by atoms with E-state index in [2.05, 4.69) is 5.32 Å². The number of nitrogens with one attached hydrogen (secondary N) is 1. The van der Waals surface area contributed by atoms with Gasteiger partial charge in [0, 0.05) is 24.5 Å². The summed E-state index contributed by atoms with van der Waals surface area (Å²) in [6.45, 7) is 9.45. The van der Waals surface area contributed by atoms with Gasteiger partial charge in [-0.2, -0.15) is 0 Å². The molecule has 2 aromatic rings. The van der Waals surface area contributed by atoms with Crippen molar-refractivity contribution in [3.8, 4) is 5.75 Å². The Labute approximate surface area is 197 Å². The van der Waals surface area contributed by atoms with Crippen molar-refractivity contribution in [2.75, 3.05) is 13.2 Å². The Balaban J connectivity index is 2.03. The molecule has 2 rings (SSSR count). The normalized spacial score (nSPS) is 11.8. The Kier molecular flexibility index (Phi) is 10.5. The van der Waals surface area contributed by atoms with E-state index in [0.29, 0.717) is 49.9 Å². The van der Waals surface area contributed by atoms with Gasteiger partial charge in [-0.15, -0.1) is 0 Å². The lowest BCUT2D eigenvalue weighted by Gasteiger charge is -2.31. The summed E-state index contributed by atoms with van der Waals surface area (Å²) in [5, 5.41) is 3.62. The van der Waals surface area contributed by atoms with Gasteiger partial charge in [-0.05, 0) is 55.5 Å². The predicted molar refractivity (Wildman–Crippen MR) is 130 cm³/mol. The van der Waals surface area contributed by atoms with Crippen molar-refractivity contribution in [2.24, 2.45) is 5.92 Å². The van der Waals surface area contributed by atoms with Gasteiger partial charge in [0.15, 0.2) is 0 Å². The lowest BCUT2D eigenvalue weighted by atomic mass is 10.1. The smallest absolute Gasteiger partial charge is 0.242 e. The Morgan fingerprint density at radius 2 is 1.72 bits per heavy atom. The maximum absolute atomic E-state index is 13.2. The van der Waals surface area contributed by atoms with Crippen LogP contribution >= 0.6 is 11.6 Å².